The molecular formula is C42H79NOS. The van der Waals surface area contributed by atoms with E-state index >= 15 is 0 Å². The van der Waals surface area contributed by atoms with E-state index in [1.54, 1.807) is 0 Å². The number of thiol groups is 1. The summed E-state index contributed by atoms with van der Waals surface area (Å²) in [5.41, 5.74) is 0. The van der Waals surface area contributed by atoms with Gasteiger partial charge < -0.3 is 9.64 Å². The van der Waals surface area contributed by atoms with Crippen LogP contribution in [0.5, 0.6) is 0 Å². The lowest BCUT2D eigenvalue weighted by molar-refractivity contribution is 0.0206. The van der Waals surface area contributed by atoms with Gasteiger partial charge in [0.05, 0.1) is 12.0 Å². The van der Waals surface area contributed by atoms with Crippen molar-refractivity contribution in [3.63, 3.8) is 0 Å². The van der Waals surface area contributed by atoms with Crippen molar-refractivity contribution < 1.29 is 4.74 Å². The molecule has 0 radical (unpaired) electrons. The van der Waals surface area contributed by atoms with Crippen LogP contribution in [-0.4, -0.2) is 37.6 Å². The van der Waals surface area contributed by atoms with Crippen molar-refractivity contribution in [3.05, 3.63) is 48.6 Å². The molecule has 264 valence electrons. The van der Waals surface area contributed by atoms with Gasteiger partial charge in [0, 0.05) is 6.54 Å². The second kappa shape index (κ2) is 37.7. The minimum Gasteiger partial charge on any atom is -0.368 e. The van der Waals surface area contributed by atoms with Crippen LogP contribution >= 0.6 is 12.6 Å². The number of rotatable bonds is 35. The van der Waals surface area contributed by atoms with E-state index in [9.17, 15) is 0 Å². The predicted molar refractivity (Wildman–Crippen MR) is 209 cm³/mol. The molecule has 3 heteroatoms. The third-order valence-electron chi connectivity index (χ3n) is 8.88. The molecule has 0 aromatic rings. The number of hydrogen-bond acceptors (Lipinski definition) is 3. The van der Waals surface area contributed by atoms with Crippen molar-refractivity contribution >= 4 is 12.6 Å². The molecule has 0 aliphatic carbocycles. The van der Waals surface area contributed by atoms with E-state index in [-0.39, 0.29) is 0 Å². The maximum Gasteiger partial charge on any atom is 0.0896 e. The van der Waals surface area contributed by atoms with Crippen molar-refractivity contribution in [2.24, 2.45) is 5.92 Å². The van der Waals surface area contributed by atoms with Gasteiger partial charge in [-0.1, -0.05) is 152 Å². The fourth-order valence-electron chi connectivity index (χ4n) is 6.14. The summed E-state index contributed by atoms with van der Waals surface area (Å²) < 4.78 is 6.22. The molecule has 0 aromatic heterocycles. The van der Waals surface area contributed by atoms with Crippen LogP contribution in [0, 0.1) is 5.92 Å². The number of unbranched alkanes of at least 4 members (excludes halogenated alkanes) is 18. The highest BCUT2D eigenvalue weighted by Crippen LogP contribution is 2.24. The van der Waals surface area contributed by atoms with Gasteiger partial charge in [0.1, 0.15) is 0 Å². The third kappa shape index (κ3) is 34.4. The van der Waals surface area contributed by atoms with Crippen LogP contribution in [0.1, 0.15) is 181 Å². The molecule has 0 amide bonds. The van der Waals surface area contributed by atoms with E-state index < -0.39 is 0 Å². The predicted octanol–water partition coefficient (Wildman–Crippen LogP) is 13.8. The number of allylic oxidation sites excluding steroid dienone is 8. The van der Waals surface area contributed by atoms with Gasteiger partial charge in [-0.2, -0.15) is 12.6 Å². The third-order valence-corrected chi connectivity index (χ3v) is 9.03. The van der Waals surface area contributed by atoms with E-state index in [2.05, 4.69) is 94.1 Å². The molecule has 0 spiro atoms. The van der Waals surface area contributed by atoms with Gasteiger partial charge in [-0.25, -0.2) is 0 Å². The molecule has 0 rings (SSSR count). The Morgan fingerprint density at radius 3 is 1.27 bits per heavy atom. The minimum atomic E-state index is 0.355. The largest absolute Gasteiger partial charge is 0.368 e. The molecule has 0 bridgehead atoms. The van der Waals surface area contributed by atoms with Gasteiger partial charge in [0.2, 0.25) is 0 Å². The highest BCUT2D eigenvalue weighted by Gasteiger charge is 2.22. The van der Waals surface area contributed by atoms with Crippen molar-refractivity contribution in [1.82, 2.24) is 4.90 Å². The van der Waals surface area contributed by atoms with Crippen molar-refractivity contribution in [3.8, 4) is 0 Å². The summed E-state index contributed by atoms with van der Waals surface area (Å²) in [5.74, 6) is 1.16. The first-order chi connectivity index (χ1) is 22.2. The van der Waals surface area contributed by atoms with Gasteiger partial charge >= 0.3 is 0 Å². The normalized spacial score (nSPS) is 13.9. The fourth-order valence-corrected chi connectivity index (χ4v) is 6.33. The molecule has 0 saturated carbocycles. The van der Waals surface area contributed by atoms with Crippen LogP contribution in [0.15, 0.2) is 48.6 Å². The van der Waals surface area contributed by atoms with Crippen molar-refractivity contribution in [2.45, 2.75) is 187 Å². The quantitative estimate of drug-likeness (QED) is 0.0319. The second-order valence-electron chi connectivity index (χ2n) is 13.6. The van der Waals surface area contributed by atoms with Crippen molar-refractivity contribution in [1.29, 1.82) is 0 Å². The summed E-state index contributed by atoms with van der Waals surface area (Å²) in [6.45, 7) is 5.66. The molecule has 2 nitrogen and oxygen atoms in total. The summed E-state index contributed by atoms with van der Waals surface area (Å²) in [7, 11) is 4.42. The smallest absolute Gasteiger partial charge is 0.0896 e. The molecule has 0 aliphatic rings. The van der Waals surface area contributed by atoms with Crippen LogP contribution in [0.2, 0.25) is 0 Å². The number of hydrogen-bond donors (Lipinski definition) is 1. The average Bonchev–Trinajstić information content (AvgIpc) is 3.03. The molecule has 45 heavy (non-hydrogen) atoms. The van der Waals surface area contributed by atoms with E-state index in [0.29, 0.717) is 18.0 Å². The highest BCUT2D eigenvalue weighted by molar-refractivity contribution is 7.80. The maximum atomic E-state index is 6.22. The van der Waals surface area contributed by atoms with E-state index in [4.69, 9.17) is 4.74 Å². The van der Waals surface area contributed by atoms with Gasteiger partial charge in [0.15, 0.2) is 0 Å². The summed E-state index contributed by atoms with van der Waals surface area (Å²) in [5, 5.41) is 0. The van der Waals surface area contributed by atoms with Gasteiger partial charge in [-0.05, 0) is 97.1 Å². The molecular weight excluding hydrogens is 567 g/mol. The van der Waals surface area contributed by atoms with Crippen LogP contribution in [0.25, 0.3) is 0 Å². The zero-order valence-corrected chi connectivity index (χ0v) is 31.8. The Hall–Kier alpha value is -0.770. The molecule has 0 N–H and O–H groups in total. The van der Waals surface area contributed by atoms with Crippen LogP contribution in [0.3, 0.4) is 0 Å². The van der Waals surface area contributed by atoms with Crippen molar-refractivity contribution in [2.75, 3.05) is 26.6 Å². The Labute approximate surface area is 289 Å². The Morgan fingerprint density at radius 2 is 0.867 bits per heavy atom. The van der Waals surface area contributed by atoms with Gasteiger partial charge in [-0.3, -0.25) is 0 Å². The standard InChI is InChI=1S/C42H79NOS/c1-5-7-9-11-13-15-17-19-21-23-25-27-29-31-33-35-37-41(39-43(3)4)42(44-40-45)38-36-34-32-30-28-26-24-22-20-18-16-14-12-10-8-6-2/h13-16,19-22,41-42,45H,5-12,17-18,23-40H2,1-4H3/b15-13-,16-14-,21-19-,22-20-. The molecule has 2 atom stereocenters. The number of nitrogens with zero attached hydrogens (tertiary/aromatic N) is 1. The molecule has 0 saturated heterocycles. The lowest BCUT2D eigenvalue weighted by atomic mass is 9.90. The molecule has 2 unspecified atom stereocenters. The zero-order chi connectivity index (χ0) is 32.9. The summed E-state index contributed by atoms with van der Waals surface area (Å²) in [4.78, 5) is 2.35. The highest BCUT2D eigenvalue weighted by atomic mass is 32.1. The Bertz CT molecular complexity index is 682. The lowest BCUT2D eigenvalue weighted by Crippen LogP contribution is -2.33. The van der Waals surface area contributed by atoms with Crippen LogP contribution in [0.4, 0.5) is 0 Å². The second-order valence-corrected chi connectivity index (χ2v) is 13.9. The molecule has 0 fully saturated rings. The summed E-state index contributed by atoms with van der Waals surface area (Å²) in [6, 6.07) is 0. The summed E-state index contributed by atoms with van der Waals surface area (Å²) >= 11 is 4.45. The van der Waals surface area contributed by atoms with E-state index in [1.165, 1.54) is 154 Å². The average molecular weight is 646 g/mol. The summed E-state index contributed by atoms with van der Waals surface area (Å²) in [6.07, 6.45) is 53.1. The first-order valence-corrected chi connectivity index (χ1v) is 20.3. The lowest BCUT2D eigenvalue weighted by Gasteiger charge is -2.29. The Morgan fingerprint density at radius 1 is 0.489 bits per heavy atom. The Balaban J connectivity index is 3.98. The first-order valence-electron chi connectivity index (χ1n) is 19.6. The SMILES string of the molecule is CCCCC/C=C\C/C=C\CCCCCCCCC(CN(C)C)C(CCCCCCCC/C=C\C/C=C\CCCCC)OCS. The van der Waals surface area contributed by atoms with Gasteiger partial charge in [0.25, 0.3) is 0 Å². The Kier molecular flexibility index (Phi) is 37.0. The minimum absolute atomic E-state index is 0.355. The molecule has 0 aliphatic heterocycles. The van der Waals surface area contributed by atoms with E-state index in [1.807, 2.05) is 0 Å². The monoisotopic (exact) mass is 646 g/mol. The zero-order valence-electron chi connectivity index (χ0n) is 30.9. The fraction of sp³-hybridized carbons (Fsp3) is 0.810. The van der Waals surface area contributed by atoms with Gasteiger partial charge in [-0.15, -0.1) is 0 Å². The van der Waals surface area contributed by atoms with Crippen LogP contribution < -0.4 is 0 Å². The topological polar surface area (TPSA) is 12.5 Å². The maximum absolute atomic E-state index is 6.22. The molecule has 0 heterocycles. The number of ether oxygens (including phenoxy) is 1. The first kappa shape index (κ1) is 44.2. The molecule has 0 aromatic carbocycles. The van der Waals surface area contributed by atoms with E-state index in [0.717, 1.165) is 19.4 Å². The van der Waals surface area contributed by atoms with Crippen LogP contribution in [-0.2, 0) is 4.74 Å².